The summed E-state index contributed by atoms with van der Waals surface area (Å²) >= 11 is 0. The third-order valence-corrected chi connectivity index (χ3v) is 11.7. The highest BCUT2D eigenvalue weighted by atomic mass is 15.2. The van der Waals surface area contributed by atoms with Crippen molar-refractivity contribution in [3.8, 4) is 28.2 Å². The van der Waals surface area contributed by atoms with Gasteiger partial charge in [0, 0.05) is 16.5 Å². The number of para-hydroxylation sites is 9. The first-order valence-corrected chi connectivity index (χ1v) is 19.3. The minimum atomic E-state index is 0.883. The van der Waals surface area contributed by atoms with Crippen LogP contribution in [-0.2, 0) is 0 Å². The molecule has 0 aliphatic rings. The van der Waals surface area contributed by atoms with E-state index in [0.717, 1.165) is 94.9 Å². The van der Waals surface area contributed by atoms with Gasteiger partial charge in [-0.05, 0) is 96.1 Å². The summed E-state index contributed by atoms with van der Waals surface area (Å²) < 4.78 is 11.6. The van der Waals surface area contributed by atoms with Gasteiger partial charge >= 0.3 is 0 Å². The van der Waals surface area contributed by atoms with Gasteiger partial charge in [0.2, 0.25) is 11.6 Å². The summed E-state index contributed by atoms with van der Waals surface area (Å²) in [5, 5.41) is 2.39. The number of hydrogen-bond donors (Lipinski definition) is 0. The Bertz CT molecular complexity index is 3760. The molecule has 0 atom stereocenters. The highest BCUT2D eigenvalue weighted by Crippen LogP contribution is 2.39. The largest absolute Gasteiger partial charge is 0.309 e. The van der Waals surface area contributed by atoms with Crippen LogP contribution in [0.4, 0.5) is 0 Å². The zero-order valence-electron chi connectivity index (χ0n) is 30.5. The van der Waals surface area contributed by atoms with Gasteiger partial charge in [-0.15, -0.1) is 0 Å². The summed E-state index contributed by atoms with van der Waals surface area (Å²) in [6, 6.07) is 67.2. The minimum Gasteiger partial charge on any atom is -0.309 e. The van der Waals surface area contributed by atoms with Crippen molar-refractivity contribution < 1.29 is 0 Å². The summed E-state index contributed by atoms with van der Waals surface area (Å²) in [5.41, 5.74) is 16.3. The molecule has 0 spiro atoms. The standard InChI is InChI=1S/C50H31N7/c1-2-14-32(15-3-1)33-28-35(30-36(29-33)55-45-23-11-13-25-47(45)57-43-21-9-6-18-40(43)52-50(55)57)53-41-19-7-4-16-37(41)38-27-26-34(31-48(38)53)54-44-22-10-12-24-46(44)56-42-20-8-5-17-39(42)51-49(54)56/h1-31H. The molecule has 0 N–H and O–H groups in total. The number of nitrogens with zero attached hydrogens (tertiary/aromatic N) is 7. The maximum atomic E-state index is 5.24. The first-order valence-electron chi connectivity index (χ1n) is 19.3. The number of imidazole rings is 4. The molecule has 0 saturated heterocycles. The van der Waals surface area contributed by atoms with Crippen molar-refractivity contribution in [2.75, 3.05) is 0 Å². The van der Waals surface area contributed by atoms with Gasteiger partial charge in [0.25, 0.3) is 0 Å². The highest BCUT2D eigenvalue weighted by molar-refractivity contribution is 6.10. The van der Waals surface area contributed by atoms with E-state index in [1.807, 2.05) is 0 Å². The van der Waals surface area contributed by atoms with E-state index in [9.17, 15) is 0 Å². The van der Waals surface area contributed by atoms with Crippen LogP contribution in [0.3, 0.4) is 0 Å². The maximum absolute atomic E-state index is 5.24. The van der Waals surface area contributed by atoms with E-state index in [1.165, 1.54) is 10.8 Å². The van der Waals surface area contributed by atoms with E-state index in [-0.39, 0.29) is 0 Å². The van der Waals surface area contributed by atoms with Gasteiger partial charge in [0.05, 0.1) is 66.5 Å². The molecule has 13 rings (SSSR count). The van der Waals surface area contributed by atoms with Gasteiger partial charge in [-0.25, -0.2) is 9.97 Å². The number of fused-ring (bicyclic) bond motifs is 13. The molecule has 266 valence electrons. The van der Waals surface area contributed by atoms with Crippen LogP contribution in [0.2, 0.25) is 0 Å². The molecule has 7 heteroatoms. The van der Waals surface area contributed by atoms with Gasteiger partial charge in [0.1, 0.15) is 0 Å². The van der Waals surface area contributed by atoms with Crippen molar-refractivity contribution in [2.45, 2.75) is 0 Å². The molecule has 5 heterocycles. The van der Waals surface area contributed by atoms with Crippen LogP contribution < -0.4 is 0 Å². The fourth-order valence-corrected chi connectivity index (χ4v) is 9.24. The Morgan fingerprint density at radius 3 is 1.39 bits per heavy atom. The second-order valence-electron chi connectivity index (χ2n) is 14.8. The predicted octanol–water partition coefficient (Wildman–Crippen LogP) is 11.9. The number of hydrogen-bond acceptors (Lipinski definition) is 2. The minimum absolute atomic E-state index is 0.883. The molecule has 57 heavy (non-hydrogen) atoms. The molecule has 0 aliphatic heterocycles. The van der Waals surface area contributed by atoms with Crippen LogP contribution in [0.25, 0.3) is 106 Å². The zero-order valence-corrected chi connectivity index (χ0v) is 30.5. The number of aromatic nitrogens is 7. The van der Waals surface area contributed by atoms with E-state index < -0.39 is 0 Å². The second-order valence-corrected chi connectivity index (χ2v) is 14.8. The van der Waals surface area contributed by atoms with Crippen LogP contribution in [0.1, 0.15) is 0 Å². The molecular weight excluding hydrogens is 699 g/mol. The third-order valence-electron chi connectivity index (χ3n) is 11.7. The molecule has 0 unspecified atom stereocenters. The summed E-state index contributed by atoms with van der Waals surface area (Å²) in [7, 11) is 0. The Morgan fingerprint density at radius 1 is 0.281 bits per heavy atom. The molecule has 0 fully saturated rings. The van der Waals surface area contributed by atoms with Gasteiger partial charge in [-0.3, -0.25) is 17.9 Å². The van der Waals surface area contributed by atoms with E-state index in [4.69, 9.17) is 9.97 Å². The second kappa shape index (κ2) is 11.3. The summed E-state index contributed by atoms with van der Waals surface area (Å²) in [6.07, 6.45) is 0. The quantitative estimate of drug-likeness (QED) is 0.181. The molecule has 0 saturated carbocycles. The lowest BCUT2D eigenvalue weighted by molar-refractivity contribution is 1.09. The molecule has 5 aromatic heterocycles. The van der Waals surface area contributed by atoms with Crippen LogP contribution in [0.5, 0.6) is 0 Å². The van der Waals surface area contributed by atoms with Crippen LogP contribution in [0, 0.1) is 0 Å². The lowest BCUT2D eigenvalue weighted by Gasteiger charge is -2.15. The Labute approximate surface area is 325 Å². The van der Waals surface area contributed by atoms with Crippen LogP contribution in [-0.4, -0.2) is 32.5 Å². The fourth-order valence-electron chi connectivity index (χ4n) is 9.24. The molecular formula is C50H31N7. The number of benzene rings is 8. The van der Waals surface area contributed by atoms with E-state index in [2.05, 4.69) is 211 Å². The molecule has 7 nitrogen and oxygen atoms in total. The number of rotatable bonds is 4. The molecule has 0 radical (unpaired) electrons. The Hall–Kier alpha value is -7.90. The summed E-state index contributed by atoms with van der Waals surface area (Å²) in [5.74, 6) is 1.78. The van der Waals surface area contributed by atoms with Crippen molar-refractivity contribution in [3.63, 3.8) is 0 Å². The van der Waals surface area contributed by atoms with E-state index in [1.54, 1.807) is 0 Å². The topological polar surface area (TPSA) is 49.4 Å². The Balaban J connectivity index is 1.13. The summed E-state index contributed by atoms with van der Waals surface area (Å²) in [4.78, 5) is 10.4. The van der Waals surface area contributed by atoms with E-state index >= 15 is 0 Å². The molecule has 8 aromatic carbocycles. The highest BCUT2D eigenvalue weighted by Gasteiger charge is 2.22. The first-order chi connectivity index (χ1) is 28.3. The third kappa shape index (κ3) is 4.20. The Kier molecular flexibility index (Phi) is 6.04. The van der Waals surface area contributed by atoms with Crippen LogP contribution >= 0.6 is 0 Å². The Morgan fingerprint density at radius 2 is 0.754 bits per heavy atom. The van der Waals surface area contributed by atoms with Gasteiger partial charge in [0.15, 0.2) is 0 Å². The average molecular weight is 730 g/mol. The summed E-state index contributed by atoms with van der Waals surface area (Å²) in [6.45, 7) is 0. The molecule has 0 bridgehead atoms. The van der Waals surface area contributed by atoms with E-state index in [0.29, 0.717) is 0 Å². The lowest BCUT2D eigenvalue weighted by atomic mass is 10.0. The fraction of sp³-hybridized carbons (Fsp3) is 0. The van der Waals surface area contributed by atoms with Gasteiger partial charge < -0.3 is 4.57 Å². The smallest absolute Gasteiger partial charge is 0.220 e. The SMILES string of the molecule is c1ccc(-c2cc(-n3c4ccccc4c4ccc(-n5c6ccccc6n6c7ccccc7nc56)cc43)cc(-n3c4ccccc4n4c5ccccc5nc34)c2)cc1. The van der Waals surface area contributed by atoms with Crippen molar-refractivity contribution in [1.29, 1.82) is 0 Å². The molecule has 0 amide bonds. The van der Waals surface area contributed by atoms with Crippen molar-refractivity contribution in [2.24, 2.45) is 0 Å². The monoisotopic (exact) mass is 729 g/mol. The van der Waals surface area contributed by atoms with Crippen LogP contribution in [0.15, 0.2) is 188 Å². The van der Waals surface area contributed by atoms with Gasteiger partial charge in [-0.2, -0.15) is 0 Å². The molecule has 13 aromatic rings. The molecule has 0 aliphatic carbocycles. The lowest BCUT2D eigenvalue weighted by Crippen LogP contribution is -2.01. The maximum Gasteiger partial charge on any atom is 0.220 e. The van der Waals surface area contributed by atoms with Gasteiger partial charge in [-0.1, -0.05) is 103 Å². The van der Waals surface area contributed by atoms with Crippen molar-refractivity contribution >= 4 is 77.5 Å². The predicted molar refractivity (Wildman–Crippen MR) is 232 cm³/mol. The first kappa shape index (κ1) is 30.4. The zero-order chi connectivity index (χ0) is 37.2. The normalized spacial score (nSPS) is 12.2. The average Bonchev–Trinajstić information content (AvgIpc) is 4.06. The van der Waals surface area contributed by atoms with Crippen molar-refractivity contribution in [1.82, 2.24) is 32.5 Å². The van der Waals surface area contributed by atoms with Crippen molar-refractivity contribution in [3.05, 3.63) is 188 Å².